The number of likely N-dealkylation sites (N-methyl/N-ethyl adjacent to an activating group) is 1. The van der Waals surface area contributed by atoms with Crippen molar-refractivity contribution in [1.29, 1.82) is 0 Å². The van der Waals surface area contributed by atoms with Crippen molar-refractivity contribution in [3.05, 3.63) is 30.1 Å². The Morgan fingerprint density at radius 2 is 2.10 bits per heavy atom. The third-order valence-electron chi connectivity index (χ3n) is 4.80. The predicted molar refractivity (Wildman–Crippen MR) is 83.9 cm³/mol. The molecule has 1 heterocycles. The number of aromatic nitrogens is 2. The average molecular weight is 271 g/mol. The van der Waals surface area contributed by atoms with Gasteiger partial charge in [0.25, 0.3) is 0 Å². The molecule has 1 atom stereocenters. The Labute approximate surface area is 121 Å². The molecule has 3 nitrogen and oxygen atoms in total. The molecule has 2 aromatic rings. The topological polar surface area (TPSA) is 29.9 Å². The monoisotopic (exact) mass is 271 g/mol. The molecule has 1 unspecified atom stereocenters. The molecule has 3 heteroatoms. The highest BCUT2D eigenvalue weighted by molar-refractivity contribution is 5.75. The van der Waals surface area contributed by atoms with Crippen LogP contribution in [0.5, 0.6) is 0 Å². The standard InChI is InChI=1S/C17H25N3/c1-4-11-20-14-8-6-5-7-13(14)19-16(20)12-15(18-3)17(2)9-10-17/h5-8,15,18H,4,9-12H2,1-3H3. The minimum atomic E-state index is 0.476. The molecule has 1 aliphatic rings. The van der Waals surface area contributed by atoms with E-state index in [0.29, 0.717) is 11.5 Å². The molecule has 1 fully saturated rings. The van der Waals surface area contributed by atoms with Crippen LogP contribution in [0, 0.1) is 5.41 Å². The first kappa shape index (κ1) is 13.6. The van der Waals surface area contributed by atoms with Crippen molar-refractivity contribution in [3.8, 4) is 0 Å². The van der Waals surface area contributed by atoms with Crippen LogP contribution in [0.4, 0.5) is 0 Å². The van der Waals surface area contributed by atoms with Crippen LogP contribution < -0.4 is 5.32 Å². The summed E-state index contributed by atoms with van der Waals surface area (Å²) in [5.74, 6) is 1.24. The van der Waals surface area contributed by atoms with E-state index < -0.39 is 0 Å². The summed E-state index contributed by atoms with van der Waals surface area (Å²) in [6.07, 6.45) is 4.86. The van der Waals surface area contributed by atoms with Gasteiger partial charge in [-0.25, -0.2) is 4.98 Å². The van der Waals surface area contributed by atoms with E-state index in [1.807, 2.05) is 0 Å². The fourth-order valence-corrected chi connectivity index (χ4v) is 3.18. The van der Waals surface area contributed by atoms with Gasteiger partial charge in [-0.3, -0.25) is 0 Å². The summed E-state index contributed by atoms with van der Waals surface area (Å²) in [5.41, 5.74) is 2.89. The lowest BCUT2D eigenvalue weighted by Gasteiger charge is -2.23. The van der Waals surface area contributed by atoms with Gasteiger partial charge in [-0.1, -0.05) is 26.0 Å². The third-order valence-corrected chi connectivity index (χ3v) is 4.80. The molecule has 0 bridgehead atoms. The summed E-state index contributed by atoms with van der Waals surface area (Å²) in [6.45, 7) is 5.68. The molecule has 1 N–H and O–H groups in total. The minimum absolute atomic E-state index is 0.476. The van der Waals surface area contributed by atoms with Crippen LogP contribution in [0.2, 0.25) is 0 Å². The van der Waals surface area contributed by atoms with Gasteiger partial charge in [0, 0.05) is 19.0 Å². The van der Waals surface area contributed by atoms with Gasteiger partial charge in [-0.15, -0.1) is 0 Å². The summed E-state index contributed by atoms with van der Waals surface area (Å²) < 4.78 is 2.41. The van der Waals surface area contributed by atoms with Crippen LogP contribution >= 0.6 is 0 Å². The summed E-state index contributed by atoms with van der Waals surface area (Å²) >= 11 is 0. The van der Waals surface area contributed by atoms with Gasteiger partial charge >= 0.3 is 0 Å². The number of hydrogen-bond acceptors (Lipinski definition) is 2. The molecule has 1 aromatic carbocycles. The van der Waals surface area contributed by atoms with E-state index in [1.54, 1.807) is 0 Å². The van der Waals surface area contributed by atoms with E-state index in [1.165, 1.54) is 24.2 Å². The summed E-state index contributed by atoms with van der Waals surface area (Å²) in [6, 6.07) is 9.03. The first-order valence-corrected chi connectivity index (χ1v) is 7.79. The number of imidazole rings is 1. The molecule has 1 aromatic heterocycles. The zero-order valence-electron chi connectivity index (χ0n) is 12.8. The first-order chi connectivity index (χ1) is 9.68. The molecule has 20 heavy (non-hydrogen) atoms. The second-order valence-electron chi connectivity index (χ2n) is 6.37. The molecule has 108 valence electrons. The number of nitrogens with one attached hydrogen (secondary N) is 1. The zero-order valence-corrected chi connectivity index (χ0v) is 12.8. The lowest BCUT2D eigenvalue weighted by molar-refractivity contribution is 0.366. The highest BCUT2D eigenvalue weighted by Crippen LogP contribution is 2.48. The van der Waals surface area contributed by atoms with Crippen molar-refractivity contribution in [2.45, 2.75) is 52.1 Å². The van der Waals surface area contributed by atoms with Crippen LogP contribution in [0.25, 0.3) is 11.0 Å². The molecule has 0 spiro atoms. The number of fused-ring (bicyclic) bond motifs is 1. The van der Waals surface area contributed by atoms with E-state index in [-0.39, 0.29) is 0 Å². The van der Waals surface area contributed by atoms with E-state index in [0.717, 1.165) is 24.9 Å². The van der Waals surface area contributed by atoms with E-state index >= 15 is 0 Å². The van der Waals surface area contributed by atoms with Gasteiger partial charge in [-0.2, -0.15) is 0 Å². The maximum absolute atomic E-state index is 4.88. The third kappa shape index (κ3) is 2.35. The lowest BCUT2D eigenvalue weighted by Crippen LogP contribution is -2.36. The fraction of sp³-hybridized carbons (Fsp3) is 0.588. The Morgan fingerprint density at radius 3 is 2.75 bits per heavy atom. The second kappa shape index (κ2) is 5.21. The van der Waals surface area contributed by atoms with Gasteiger partial charge in [0.1, 0.15) is 5.82 Å². The number of hydrogen-bond donors (Lipinski definition) is 1. The molecule has 1 saturated carbocycles. The smallest absolute Gasteiger partial charge is 0.111 e. The summed E-state index contributed by atoms with van der Waals surface area (Å²) in [5, 5.41) is 3.51. The van der Waals surface area contributed by atoms with Gasteiger partial charge in [0.15, 0.2) is 0 Å². The van der Waals surface area contributed by atoms with Crippen molar-refractivity contribution in [3.63, 3.8) is 0 Å². The maximum atomic E-state index is 4.88. The first-order valence-electron chi connectivity index (χ1n) is 7.79. The zero-order chi connectivity index (χ0) is 14.2. The van der Waals surface area contributed by atoms with Crippen LogP contribution in [-0.4, -0.2) is 22.6 Å². The maximum Gasteiger partial charge on any atom is 0.111 e. The highest BCUT2D eigenvalue weighted by Gasteiger charge is 2.44. The highest BCUT2D eigenvalue weighted by atomic mass is 15.1. The van der Waals surface area contributed by atoms with Crippen molar-refractivity contribution >= 4 is 11.0 Å². The van der Waals surface area contributed by atoms with Gasteiger partial charge in [0.05, 0.1) is 11.0 Å². The van der Waals surface area contributed by atoms with E-state index in [9.17, 15) is 0 Å². The Morgan fingerprint density at radius 1 is 1.35 bits per heavy atom. The molecule has 3 rings (SSSR count). The predicted octanol–water partition coefficient (Wildman–Crippen LogP) is 3.38. The van der Waals surface area contributed by atoms with E-state index in [4.69, 9.17) is 4.98 Å². The quantitative estimate of drug-likeness (QED) is 0.873. The normalized spacial score (nSPS) is 18.4. The fourth-order valence-electron chi connectivity index (χ4n) is 3.18. The molecule has 0 saturated heterocycles. The van der Waals surface area contributed by atoms with Crippen molar-refractivity contribution < 1.29 is 0 Å². The van der Waals surface area contributed by atoms with Crippen LogP contribution in [0.1, 0.15) is 38.9 Å². The van der Waals surface area contributed by atoms with Gasteiger partial charge < -0.3 is 9.88 Å². The van der Waals surface area contributed by atoms with Crippen LogP contribution in [0.15, 0.2) is 24.3 Å². The molecule has 1 aliphatic carbocycles. The number of benzene rings is 1. The van der Waals surface area contributed by atoms with Gasteiger partial charge in [0.2, 0.25) is 0 Å². The Hall–Kier alpha value is -1.35. The van der Waals surface area contributed by atoms with Crippen molar-refractivity contribution in [2.24, 2.45) is 5.41 Å². The minimum Gasteiger partial charge on any atom is -0.328 e. The Bertz CT molecular complexity index is 595. The second-order valence-corrected chi connectivity index (χ2v) is 6.37. The summed E-state index contributed by atoms with van der Waals surface area (Å²) in [4.78, 5) is 4.88. The lowest BCUT2D eigenvalue weighted by atomic mass is 9.95. The Kier molecular flexibility index (Phi) is 3.55. The van der Waals surface area contributed by atoms with E-state index in [2.05, 4.69) is 55.0 Å². The summed E-state index contributed by atoms with van der Waals surface area (Å²) in [7, 11) is 2.08. The average Bonchev–Trinajstić information content (AvgIpc) is 3.11. The number of nitrogens with zero attached hydrogens (tertiary/aromatic N) is 2. The molecule has 0 radical (unpaired) electrons. The Balaban J connectivity index is 1.95. The van der Waals surface area contributed by atoms with Crippen molar-refractivity contribution in [2.75, 3.05) is 7.05 Å². The largest absolute Gasteiger partial charge is 0.328 e. The van der Waals surface area contributed by atoms with Crippen LogP contribution in [0.3, 0.4) is 0 Å². The molecule has 0 aliphatic heterocycles. The number of aryl methyl sites for hydroxylation is 1. The SMILES string of the molecule is CCCn1c(CC(NC)C2(C)CC2)nc2ccccc21. The van der Waals surface area contributed by atoms with Gasteiger partial charge in [-0.05, 0) is 43.9 Å². The number of para-hydroxylation sites is 2. The van der Waals surface area contributed by atoms with Crippen LogP contribution in [-0.2, 0) is 13.0 Å². The van der Waals surface area contributed by atoms with Crippen molar-refractivity contribution in [1.82, 2.24) is 14.9 Å². The number of rotatable bonds is 6. The molecular weight excluding hydrogens is 246 g/mol. The molecular formula is C17H25N3. The molecule has 0 amide bonds.